The second-order valence-electron chi connectivity index (χ2n) is 19.7. The lowest BCUT2D eigenvalue weighted by Gasteiger charge is -2.16. The number of benzene rings is 5. The van der Waals surface area contributed by atoms with Crippen LogP contribution in [0.25, 0.3) is 11.1 Å². The van der Waals surface area contributed by atoms with Gasteiger partial charge in [-0.05, 0) is 158 Å². The molecule has 0 bridgehead atoms. The number of hydrogen-bond donors (Lipinski definition) is 5. The van der Waals surface area contributed by atoms with Crippen molar-refractivity contribution in [3.05, 3.63) is 159 Å². The molecule has 80 heavy (non-hydrogen) atoms. The first kappa shape index (κ1) is 57.6. The zero-order chi connectivity index (χ0) is 56.7. The van der Waals surface area contributed by atoms with E-state index in [9.17, 15) is 38.7 Å². The Bertz CT molecular complexity index is 3290. The Balaban J connectivity index is 0.691. The molecule has 0 saturated heterocycles. The summed E-state index contributed by atoms with van der Waals surface area (Å²) in [6.07, 6.45) is 8.77. The molecule has 1 saturated carbocycles. The van der Waals surface area contributed by atoms with Crippen LogP contribution in [-0.4, -0.2) is 86.3 Å². The number of ketones is 1. The molecule has 5 aromatic carbocycles. The highest BCUT2D eigenvalue weighted by molar-refractivity contribution is 6.34. The van der Waals surface area contributed by atoms with Gasteiger partial charge in [0.25, 0.3) is 17.7 Å². The Labute approximate surface area is 468 Å². The Morgan fingerprint density at radius 1 is 0.662 bits per heavy atom. The molecule has 2 aliphatic carbocycles. The van der Waals surface area contributed by atoms with Crippen molar-refractivity contribution in [2.45, 2.75) is 71.8 Å². The van der Waals surface area contributed by atoms with Crippen LogP contribution in [0.2, 0.25) is 5.02 Å². The first-order valence-corrected chi connectivity index (χ1v) is 26.8. The maximum atomic E-state index is 13.5. The number of carbonyl (C=O) groups excluding carboxylic acids is 7. The van der Waals surface area contributed by atoms with E-state index in [1.807, 2.05) is 44.2 Å². The number of hydrogen-bond acceptors (Lipinski definition) is 13. The fourth-order valence-corrected chi connectivity index (χ4v) is 10.2. The van der Waals surface area contributed by atoms with Crippen molar-refractivity contribution in [2.75, 3.05) is 56.0 Å². The van der Waals surface area contributed by atoms with Gasteiger partial charge < -0.3 is 55.4 Å². The smallest absolute Gasteiger partial charge is 0.274 e. The summed E-state index contributed by atoms with van der Waals surface area (Å²) in [6, 6.07) is 28.3. The molecule has 1 atom stereocenters. The number of carbonyl (C=O) groups is 7. The molecule has 416 valence electrons. The number of pyridine rings is 1. The van der Waals surface area contributed by atoms with Crippen molar-refractivity contribution in [3.63, 3.8) is 0 Å². The summed E-state index contributed by atoms with van der Waals surface area (Å²) in [5.41, 5.74) is 7.28. The van der Waals surface area contributed by atoms with Gasteiger partial charge in [0.15, 0.2) is 12.4 Å². The number of aromatic carboxylic acids is 1. The molecule has 1 heterocycles. The quantitative estimate of drug-likeness (QED) is 0.0338. The predicted molar refractivity (Wildman–Crippen MR) is 299 cm³/mol. The Morgan fingerprint density at radius 3 is 2.11 bits per heavy atom. The van der Waals surface area contributed by atoms with Crippen LogP contribution in [0.15, 0.2) is 109 Å². The van der Waals surface area contributed by atoms with Crippen molar-refractivity contribution in [1.82, 2.24) is 15.6 Å². The van der Waals surface area contributed by atoms with Crippen LogP contribution in [0.1, 0.15) is 109 Å². The zero-order valence-corrected chi connectivity index (χ0v) is 45.4. The normalized spacial score (nSPS) is 13.7. The number of amides is 5. The van der Waals surface area contributed by atoms with Gasteiger partial charge in [-0.15, -0.1) is 0 Å². The third-order valence-corrected chi connectivity index (χ3v) is 14.5. The zero-order valence-electron chi connectivity index (χ0n) is 44.7. The van der Waals surface area contributed by atoms with Crippen molar-refractivity contribution in [2.24, 2.45) is 11.8 Å². The van der Waals surface area contributed by atoms with Crippen LogP contribution in [0.5, 0.6) is 17.2 Å². The number of halogens is 1. The SMILES string of the molecule is COc1cc(NC(=O)c2ccccn2)ccc1NC(=O)c1ccc(NC(=O)COCC(=O)NCCCCCNC(=O)COc2ccc(-c3cccc(COc4cc5c(c(C)c4C)C(=O)C(C4CCCC4)C5)c3)cc2C(=O)[O-])cc1Cl. The van der Waals surface area contributed by atoms with Crippen LogP contribution in [-0.2, 0) is 32.1 Å². The second kappa shape index (κ2) is 27.3. The van der Waals surface area contributed by atoms with Crippen molar-refractivity contribution >= 4 is 70.0 Å². The van der Waals surface area contributed by atoms with E-state index in [-0.39, 0.29) is 58.3 Å². The van der Waals surface area contributed by atoms with Gasteiger partial charge in [0.05, 0.1) is 29.4 Å². The molecule has 1 unspecified atom stereocenters. The molecule has 19 heteroatoms. The number of nitrogens with one attached hydrogen (secondary N) is 5. The van der Waals surface area contributed by atoms with Crippen molar-refractivity contribution < 1.29 is 57.6 Å². The lowest BCUT2D eigenvalue weighted by atomic mass is 9.87. The molecule has 0 spiro atoms. The number of fused-ring (bicyclic) bond motifs is 1. The Morgan fingerprint density at radius 2 is 1.39 bits per heavy atom. The van der Waals surface area contributed by atoms with E-state index in [0.717, 1.165) is 58.4 Å². The van der Waals surface area contributed by atoms with E-state index >= 15 is 0 Å². The van der Waals surface area contributed by atoms with E-state index in [1.165, 1.54) is 56.5 Å². The molecule has 1 fully saturated rings. The van der Waals surface area contributed by atoms with Gasteiger partial charge in [0, 0.05) is 53.8 Å². The summed E-state index contributed by atoms with van der Waals surface area (Å²) < 4.78 is 22.7. The van der Waals surface area contributed by atoms with Gasteiger partial charge in [0.1, 0.15) is 42.8 Å². The molecule has 0 aliphatic heterocycles. The summed E-state index contributed by atoms with van der Waals surface area (Å²) in [6.45, 7) is 3.73. The summed E-state index contributed by atoms with van der Waals surface area (Å²) in [5.74, 6) is -2.02. The fourth-order valence-electron chi connectivity index (χ4n) is 9.95. The van der Waals surface area contributed by atoms with Gasteiger partial charge >= 0.3 is 0 Å². The molecule has 6 aromatic rings. The van der Waals surface area contributed by atoms with Gasteiger partial charge in [0.2, 0.25) is 11.8 Å². The van der Waals surface area contributed by atoms with Gasteiger partial charge in [-0.3, -0.25) is 33.8 Å². The van der Waals surface area contributed by atoms with Crippen LogP contribution in [0.4, 0.5) is 17.1 Å². The first-order chi connectivity index (χ1) is 38.6. The highest BCUT2D eigenvalue weighted by Crippen LogP contribution is 2.43. The highest BCUT2D eigenvalue weighted by atomic mass is 35.5. The maximum absolute atomic E-state index is 13.5. The van der Waals surface area contributed by atoms with E-state index in [1.54, 1.807) is 42.5 Å². The number of Topliss-reactive ketones (excluding diaryl/α,β-unsaturated/α-hetero) is 1. The molecule has 8 rings (SSSR count). The monoisotopic (exact) mass is 1110 g/mol. The summed E-state index contributed by atoms with van der Waals surface area (Å²) in [4.78, 5) is 92.9. The minimum atomic E-state index is -1.45. The molecule has 5 N–H and O–H groups in total. The number of rotatable bonds is 25. The van der Waals surface area contributed by atoms with Gasteiger partial charge in [-0.1, -0.05) is 54.8 Å². The number of anilines is 3. The van der Waals surface area contributed by atoms with E-state index in [2.05, 4.69) is 31.6 Å². The number of carboxylic acid groups (broad SMARTS) is 1. The number of unbranched alkanes of at least 4 members (excludes halogenated alkanes) is 2. The number of aromatic nitrogens is 1. The summed E-state index contributed by atoms with van der Waals surface area (Å²) >= 11 is 6.42. The number of nitrogens with zero attached hydrogens (tertiary/aromatic N) is 1. The van der Waals surface area contributed by atoms with Crippen LogP contribution in [0, 0.1) is 25.7 Å². The fraction of sp³-hybridized carbons (Fsp3) is 0.311. The molecule has 5 amide bonds. The summed E-state index contributed by atoms with van der Waals surface area (Å²) in [5, 5.41) is 25.8. The largest absolute Gasteiger partial charge is 0.545 e. The number of carboxylic acids is 1. The molecule has 1 aromatic heterocycles. The van der Waals surface area contributed by atoms with Crippen LogP contribution in [0.3, 0.4) is 0 Å². The Kier molecular flexibility index (Phi) is 19.7. The molecule has 0 radical (unpaired) electrons. The van der Waals surface area contributed by atoms with E-state index < -0.39 is 48.7 Å². The van der Waals surface area contributed by atoms with E-state index in [4.69, 9.17) is 30.5 Å². The highest BCUT2D eigenvalue weighted by Gasteiger charge is 2.39. The summed E-state index contributed by atoms with van der Waals surface area (Å²) in [7, 11) is 1.42. The van der Waals surface area contributed by atoms with Crippen molar-refractivity contribution in [3.8, 4) is 28.4 Å². The lowest BCUT2D eigenvalue weighted by molar-refractivity contribution is -0.255. The van der Waals surface area contributed by atoms with Crippen molar-refractivity contribution in [1.29, 1.82) is 0 Å². The average Bonchev–Trinajstić information content (AvgIpc) is 4.25. The standard InChI is InChI=1S/C61H63ClN6O12/c1-36-37(2)57-42(28-46(58(57)72)39-13-5-6-14-39)29-52(36)79-32-38-12-11-15-40(26-38)41-17-22-51(47(27-41)61(75)76)80-35-55(70)65-25-9-4-8-24-64-54(69)33-78-34-56(71)66-43-18-20-45(48(62)30-43)59(73)68-49-21-19-44(31-53(49)77-3)67-60(74)50-16-7-10-23-63-50/h7,10-12,15-23,26-27,29-31,39,46H,4-6,8-9,13-14,24-25,28,32-35H2,1-3H3,(H,64,69)(H,65,70)(H,66,71)(H,67,74)(H,68,73)(H,75,76)/p-1. The Hall–Kier alpha value is -8.61. The average molecular weight is 1110 g/mol. The number of ether oxygens (including phenoxy) is 4. The predicted octanol–water partition coefficient (Wildman–Crippen LogP) is 8.46. The van der Waals surface area contributed by atoms with Crippen LogP contribution >= 0.6 is 11.6 Å². The molecular weight excluding hydrogens is 1040 g/mol. The van der Waals surface area contributed by atoms with Crippen LogP contribution < -0.4 is 45.9 Å². The third-order valence-electron chi connectivity index (χ3n) is 14.2. The number of methoxy groups -OCH3 is 1. The third kappa shape index (κ3) is 14.9. The molecular formula is C61H62ClN6O12-. The minimum Gasteiger partial charge on any atom is -0.545 e. The van der Waals surface area contributed by atoms with E-state index in [0.29, 0.717) is 60.9 Å². The maximum Gasteiger partial charge on any atom is 0.274 e. The molecule has 2 aliphatic rings. The lowest BCUT2D eigenvalue weighted by Crippen LogP contribution is -2.31. The van der Waals surface area contributed by atoms with Gasteiger partial charge in [-0.2, -0.15) is 0 Å². The first-order valence-electron chi connectivity index (χ1n) is 26.5. The minimum absolute atomic E-state index is 0.00587. The van der Waals surface area contributed by atoms with Gasteiger partial charge in [-0.25, -0.2) is 0 Å². The molecule has 18 nitrogen and oxygen atoms in total. The topological polar surface area (TPSA) is 253 Å². The second-order valence-corrected chi connectivity index (χ2v) is 20.1.